The molecule has 2 fully saturated rings. The van der Waals surface area contributed by atoms with Crippen molar-refractivity contribution in [1.29, 1.82) is 0 Å². The molecular formula is C25H34ClFN4O. The molecule has 2 aliphatic carbocycles. The fourth-order valence-corrected chi connectivity index (χ4v) is 4.67. The summed E-state index contributed by atoms with van der Waals surface area (Å²) in [6.45, 7) is 3.71. The van der Waals surface area contributed by atoms with E-state index in [9.17, 15) is 4.39 Å². The average molecular weight is 461 g/mol. The van der Waals surface area contributed by atoms with Crippen LogP contribution in [0.25, 0.3) is 11.1 Å². The number of rotatable bonds is 10. The van der Waals surface area contributed by atoms with E-state index >= 15 is 0 Å². The number of anilines is 2. The normalized spacial score (nSPS) is 21.9. The van der Waals surface area contributed by atoms with Crippen LogP contribution >= 0.6 is 11.6 Å². The monoisotopic (exact) mass is 460 g/mol. The van der Waals surface area contributed by atoms with E-state index in [-0.39, 0.29) is 5.82 Å². The summed E-state index contributed by atoms with van der Waals surface area (Å²) in [5.41, 5.74) is 2.29. The van der Waals surface area contributed by atoms with Gasteiger partial charge in [0.2, 0.25) is 0 Å². The Labute approximate surface area is 195 Å². The number of hydrogen-bond acceptors (Lipinski definition) is 5. The average Bonchev–Trinajstić information content (AvgIpc) is 3.61. The topological polar surface area (TPSA) is 58.2 Å². The number of ether oxygens (including phenoxy) is 1. The second kappa shape index (κ2) is 10.8. The van der Waals surface area contributed by atoms with Crippen LogP contribution in [0.5, 0.6) is 0 Å². The van der Waals surface area contributed by atoms with E-state index in [4.69, 9.17) is 16.3 Å². The van der Waals surface area contributed by atoms with Gasteiger partial charge >= 0.3 is 0 Å². The minimum absolute atomic E-state index is 0.233. The van der Waals surface area contributed by atoms with Crippen LogP contribution in [0.4, 0.5) is 15.9 Å². The van der Waals surface area contributed by atoms with Gasteiger partial charge < -0.3 is 20.7 Å². The van der Waals surface area contributed by atoms with Crippen molar-refractivity contribution >= 4 is 23.1 Å². The highest BCUT2D eigenvalue weighted by Gasteiger charge is 2.23. The molecule has 0 spiro atoms. The standard InChI is InChI=1S/C25H34ClFN4O/c1-16(15-32-2)30-19-6-8-20(9-7-19)31-25-12-21(22(26)14-29-25)18-5-10-23(27)24(11-18)28-13-17-3-4-17/h5,10-12,14,16-17,19-20,28,30H,3-4,6-9,13,15H2,1-2H3,(H,29,31)/t16-,19-,20-/m0/s1. The predicted octanol–water partition coefficient (Wildman–Crippen LogP) is 5.71. The Morgan fingerprint density at radius 3 is 2.59 bits per heavy atom. The summed E-state index contributed by atoms with van der Waals surface area (Å²) < 4.78 is 19.5. The van der Waals surface area contributed by atoms with Gasteiger partial charge in [-0.25, -0.2) is 9.37 Å². The first-order valence-corrected chi connectivity index (χ1v) is 12.1. The second-order valence-electron chi connectivity index (χ2n) is 9.28. The van der Waals surface area contributed by atoms with E-state index in [1.54, 1.807) is 19.4 Å². The lowest BCUT2D eigenvalue weighted by Crippen LogP contribution is -2.42. The van der Waals surface area contributed by atoms with Crippen LogP contribution < -0.4 is 16.0 Å². The van der Waals surface area contributed by atoms with E-state index < -0.39 is 0 Å². The molecule has 0 unspecified atom stereocenters. The minimum Gasteiger partial charge on any atom is -0.383 e. The lowest BCUT2D eigenvalue weighted by molar-refractivity contribution is 0.161. The van der Waals surface area contributed by atoms with Crippen LogP contribution in [0.1, 0.15) is 45.4 Å². The van der Waals surface area contributed by atoms with Crippen molar-refractivity contribution in [3.8, 4) is 11.1 Å². The van der Waals surface area contributed by atoms with E-state index in [1.165, 1.54) is 18.9 Å². The van der Waals surface area contributed by atoms with E-state index in [2.05, 4.69) is 27.9 Å². The van der Waals surface area contributed by atoms with Gasteiger partial charge in [0.05, 0.1) is 17.3 Å². The molecule has 0 aliphatic heterocycles. The molecule has 1 aromatic heterocycles. The van der Waals surface area contributed by atoms with Gasteiger partial charge in [0.25, 0.3) is 0 Å². The Morgan fingerprint density at radius 2 is 1.88 bits per heavy atom. The number of nitrogens with zero attached hydrogens (tertiary/aromatic N) is 1. The Bertz CT molecular complexity index is 900. The number of halogens is 2. The zero-order valence-corrected chi connectivity index (χ0v) is 19.7. The maximum atomic E-state index is 14.3. The molecule has 2 aliphatic rings. The van der Waals surface area contributed by atoms with Gasteiger partial charge in [-0.15, -0.1) is 0 Å². The van der Waals surface area contributed by atoms with E-state index in [0.717, 1.165) is 55.8 Å². The Hall–Kier alpha value is -1.89. The molecule has 0 bridgehead atoms. The van der Waals surface area contributed by atoms with Gasteiger partial charge in [0.15, 0.2) is 0 Å². The minimum atomic E-state index is -0.233. The van der Waals surface area contributed by atoms with Crippen molar-refractivity contribution < 1.29 is 9.13 Å². The molecule has 1 aromatic carbocycles. The fourth-order valence-electron chi connectivity index (χ4n) is 4.46. The fraction of sp³-hybridized carbons (Fsp3) is 0.560. The zero-order valence-electron chi connectivity index (χ0n) is 19.0. The lowest BCUT2D eigenvalue weighted by atomic mass is 9.90. The molecule has 0 amide bonds. The molecule has 174 valence electrons. The largest absolute Gasteiger partial charge is 0.383 e. The summed E-state index contributed by atoms with van der Waals surface area (Å²) in [5.74, 6) is 1.25. The highest BCUT2D eigenvalue weighted by atomic mass is 35.5. The highest BCUT2D eigenvalue weighted by Crippen LogP contribution is 2.34. The molecule has 7 heteroatoms. The second-order valence-corrected chi connectivity index (χ2v) is 9.69. The van der Waals surface area contributed by atoms with E-state index in [0.29, 0.717) is 34.8 Å². The number of aromatic nitrogens is 1. The maximum Gasteiger partial charge on any atom is 0.146 e. The Kier molecular flexibility index (Phi) is 7.87. The highest BCUT2D eigenvalue weighted by molar-refractivity contribution is 6.33. The zero-order chi connectivity index (χ0) is 22.5. The smallest absolute Gasteiger partial charge is 0.146 e. The van der Waals surface area contributed by atoms with Crippen LogP contribution in [0.3, 0.4) is 0 Å². The Balaban J connectivity index is 1.38. The quantitative estimate of drug-likeness (QED) is 0.424. The van der Waals surface area contributed by atoms with Gasteiger partial charge in [-0.05, 0) is 75.1 Å². The SMILES string of the molecule is COC[C@H](C)N[C@H]1CC[C@H](Nc2cc(-c3ccc(F)c(NCC4CC4)c3)c(Cl)cn2)CC1. The summed E-state index contributed by atoms with van der Waals surface area (Å²) >= 11 is 6.47. The number of nitrogens with one attached hydrogen (secondary N) is 3. The molecule has 2 saturated carbocycles. The molecule has 0 radical (unpaired) electrons. The summed E-state index contributed by atoms with van der Waals surface area (Å²) in [4.78, 5) is 4.49. The van der Waals surface area contributed by atoms with Gasteiger partial charge in [-0.3, -0.25) is 0 Å². The third-order valence-electron chi connectivity index (χ3n) is 6.43. The maximum absolute atomic E-state index is 14.3. The van der Waals surface area contributed by atoms with Crippen molar-refractivity contribution in [3.05, 3.63) is 41.3 Å². The van der Waals surface area contributed by atoms with Gasteiger partial charge in [0, 0.05) is 43.5 Å². The Morgan fingerprint density at radius 1 is 1.12 bits per heavy atom. The summed E-state index contributed by atoms with van der Waals surface area (Å²) in [6.07, 6.45) is 8.55. The van der Waals surface area contributed by atoms with Gasteiger partial charge in [0.1, 0.15) is 11.6 Å². The molecular weight excluding hydrogens is 427 g/mol. The third kappa shape index (κ3) is 6.33. The van der Waals surface area contributed by atoms with Crippen molar-refractivity contribution in [1.82, 2.24) is 10.3 Å². The predicted molar refractivity (Wildman–Crippen MR) is 130 cm³/mol. The molecule has 0 saturated heterocycles. The first-order valence-electron chi connectivity index (χ1n) is 11.7. The molecule has 2 aromatic rings. The van der Waals surface area contributed by atoms with E-state index in [1.807, 2.05) is 12.1 Å². The third-order valence-corrected chi connectivity index (χ3v) is 6.73. The first-order chi connectivity index (χ1) is 15.5. The van der Waals surface area contributed by atoms with Crippen molar-refractivity contribution in [2.75, 3.05) is 30.9 Å². The molecule has 3 N–H and O–H groups in total. The van der Waals surface area contributed by atoms with Gasteiger partial charge in [-0.2, -0.15) is 0 Å². The lowest BCUT2D eigenvalue weighted by Gasteiger charge is -2.32. The number of pyridine rings is 1. The van der Waals surface area contributed by atoms with Crippen molar-refractivity contribution in [3.63, 3.8) is 0 Å². The molecule has 5 nitrogen and oxygen atoms in total. The van der Waals surface area contributed by atoms with Crippen LogP contribution in [0, 0.1) is 11.7 Å². The number of hydrogen-bond donors (Lipinski definition) is 3. The van der Waals surface area contributed by atoms with Crippen molar-refractivity contribution in [2.24, 2.45) is 5.92 Å². The van der Waals surface area contributed by atoms with Crippen LogP contribution in [-0.2, 0) is 4.74 Å². The number of methoxy groups -OCH3 is 1. The summed E-state index contributed by atoms with van der Waals surface area (Å²) in [7, 11) is 1.74. The van der Waals surface area contributed by atoms with Crippen LogP contribution in [0.2, 0.25) is 5.02 Å². The molecule has 32 heavy (non-hydrogen) atoms. The molecule has 1 heterocycles. The van der Waals surface area contributed by atoms with Gasteiger partial charge in [-0.1, -0.05) is 17.7 Å². The van der Waals surface area contributed by atoms with Crippen molar-refractivity contribution in [2.45, 2.75) is 63.6 Å². The first kappa shape index (κ1) is 23.3. The molecule has 4 rings (SSSR count). The summed E-state index contributed by atoms with van der Waals surface area (Å²) in [6, 6.07) is 8.40. The molecule has 1 atom stereocenters. The van der Waals surface area contributed by atoms with Crippen LogP contribution in [-0.4, -0.2) is 43.4 Å². The number of benzene rings is 1. The summed E-state index contributed by atoms with van der Waals surface area (Å²) in [5, 5.41) is 11.0. The van der Waals surface area contributed by atoms with Crippen LogP contribution in [0.15, 0.2) is 30.5 Å².